The fourth-order valence-corrected chi connectivity index (χ4v) is 4.42. The van der Waals surface area contributed by atoms with Crippen molar-refractivity contribution in [2.75, 3.05) is 49.4 Å². The average molecular weight is 486 g/mol. The van der Waals surface area contributed by atoms with Crippen LogP contribution in [0.4, 0.5) is 16.1 Å². The summed E-state index contributed by atoms with van der Waals surface area (Å²) in [6, 6.07) is 9.25. The molecular weight excluding hydrogens is 458 g/mol. The van der Waals surface area contributed by atoms with Gasteiger partial charge in [0, 0.05) is 38.0 Å². The van der Waals surface area contributed by atoms with Crippen molar-refractivity contribution in [1.29, 1.82) is 0 Å². The first-order valence-corrected chi connectivity index (χ1v) is 11.7. The largest absolute Gasteiger partial charge is 0.497 e. The van der Waals surface area contributed by atoms with E-state index in [2.05, 4.69) is 35.9 Å². The number of nitrogens with zero attached hydrogens (tertiary/aromatic N) is 5. The molecule has 180 valence electrons. The topological polar surface area (TPSA) is 124 Å². The number of aromatic nitrogens is 4. The molecule has 1 fully saturated rings. The number of ether oxygens (including phenoxy) is 3. The molecule has 1 aromatic carbocycles. The van der Waals surface area contributed by atoms with Crippen molar-refractivity contribution >= 4 is 33.3 Å². The number of carbonyl (C=O) groups excluding carboxylic acids is 1. The quantitative estimate of drug-likeness (QED) is 0.443. The van der Waals surface area contributed by atoms with Gasteiger partial charge in [0.25, 0.3) is 5.91 Å². The Bertz CT molecular complexity index is 1080. The molecule has 2 aromatic heterocycles. The molecule has 1 aliphatic rings. The number of benzene rings is 1. The van der Waals surface area contributed by atoms with E-state index in [0.29, 0.717) is 33.9 Å². The predicted octanol–water partition coefficient (Wildman–Crippen LogP) is 2.75. The SMILES string of the molecule is CCOC(C(=O)Nc1nnc(N[C@@H]2CCN(c3cccnn3)C2)s1)c1cc(OC)cc(OC)c1. The van der Waals surface area contributed by atoms with Gasteiger partial charge >= 0.3 is 0 Å². The van der Waals surface area contributed by atoms with Gasteiger partial charge < -0.3 is 24.4 Å². The van der Waals surface area contributed by atoms with E-state index in [1.165, 1.54) is 11.3 Å². The van der Waals surface area contributed by atoms with Gasteiger partial charge in [0.2, 0.25) is 10.3 Å². The third-order valence-corrected chi connectivity index (χ3v) is 6.07. The Kier molecular flexibility index (Phi) is 7.70. The molecule has 1 saturated heterocycles. The third kappa shape index (κ3) is 5.69. The number of rotatable bonds is 10. The van der Waals surface area contributed by atoms with Crippen molar-refractivity contribution in [3.8, 4) is 11.5 Å². The van der Waals surface area contributed by atoms with Crippen LogP contribution in [0.1, 0.15) is 25.0 Å². The van der Waals surface area contributed by atoms with E-state index in [1.54, 1.807) is 38.6 Å². The second-order valence-electron chi connectivity index (χ2n) is 7.54. The monoisotopic (exact) mass is 485 g/mol. The van der Waals surface area contributed by atoms with Gasteiger partial charge in [-0.25, -0.2) is 0 Å². The molecule has 12 heteroatoms. The van der Waals surface area contributed by atoms with E-state index in [4.69, 9.17) is 14.2 Å². The molecule has 0 aliphatic carbocycles. The molecule has 1 unspecified atom stereocenters. The molecule has 0 spiro atoms. The Balaban J connectivity index is 1.39. The molecule has 34 heavy (non-hydrogen) atoms. The highest BCUT2D eigenvalue weighted by atomic mass is 32.1. The van der Waals surface area contributed by atoms with E-state index in [1.807, 2.05) is 19.1 Å². The number of methoxy groups -OCH3 is 2. The van der Waals surface area contributed by atoms with Crippen LogP contribution in [0.25, 0.3) is 0 Å². The average Bonchev–Trinajstić information content (AvgIpc) is 3.52. The van der Waals surface area contributed by atoms with E-state index in [0.717, 1.165) is 25.3 Å². The summed E-state index contributed by atoms with van der Waals surface area (Å²) < 4.78 is 16.4. The minimum Gasteiger partial charge on any atom is -0.497 e. The second kappa shape index (κ2) is 11.1. The fourth-order valence-electron chi connectivity index (χ4n) is 3.70. The van der Waals surface area contributed by atoms with Crippen molar-refractivity contribution in [2.45, 2.75) is 25.5 Å². The molecule has 2 N–H and O–H groups in total. The van der Waals surface area contributed by atoms with Gasteiger partial charge in [0.1, 0.15) is 11.5 Å². The minimum absolute atomic E-state index is 0.193. The number of nitrogens with one attached hydrogen (secondary N) is 2. The lowest BCUT2D eigenvalue weighted by Gasteiger charge is -2.18. The summed E-state index contributed by atoms with van der Waals surface area (Å²) in [7, 11) is 3.11. The minimum atomic E-state index is -0.857. The smallest absolute Gasteiger partial charge is 0.259 e. The zero-order valence-electron chi connectivity index (χ0n) is 19.2. The van der Waals surface area contributed by atoms with E-state index in [-0.39, 0.29) is 11.9 Å². The normalized spacial score (nSPS) is 16.2. The molecule has 0 saturated carbocycles. The second-order valence-corrected chi connectivity index (χ2v) is 8.52. The van der Waals surface area contributed by atoms with E-state index in [9.17, 15) is 4.79 Å². The summed E-state index contributed by atoms with van der Waals surface area (Å²) >= 11 is 1.27. The van der Waals surface area contributed by atoms with Crippen LogP contribution in [0.15, 0.2) is 36.5 Å². The summed E-state index contributed by atoms with van der Waals surface area (Å²) in [5.74, 6) is 1.64. The zero-order valence-corrected chi connectivity index (χ0v) is 20.0. The van der Waals surface area contributed by atoms with Crippen LogP contribution in [-0.4, -0.2) is 66.3 Å². The molecule has 1 aliphatic heterocycles. The van der Waals surface area contributed by atoms with Crippen LogP contribution in [0.2, 0.25) is 0 Å². The molecule has 0 bridgehead atoms. The molecule has 4 rings (SSSR count). The Morgan fingerprint density at radius 3 is 2.62 bits per heavy atom. The van der Waals surface area contributed by atoms with Crippen LogP contribution in [0.3, 0.4) is 0 Å². The molecule has 1 amide bonds. The Labute approximate surface area is 201 Å². The van der Waals surface area contributed by atoms with Crippen molar-refractivity contribution in [2.24, 2.45) is 0 Å². The predicted molar refractivity (Wildman–Crippen MR) is 129 cm³/mol. The Morgan fingerprint density at radius 1 is 1.18 bits per heavy atom. The Morgan fingerprint density at radius 2 is 1.94 bits per heavy atom. The highest BCUT2D eigenvalue weighted by Crippen LogP contribution is 2.30. The maximum absolute atomic E-state index is 13.0. The maximum atomic E-state index is 13.0. The van der Waals surface area contributed by atoms with Gasteiger partial charge in [-0.3, -0.25) is 10.1 Å². The van der Waals surface area contributed by atoms with Gasteiger partial charge in [-0.2, -0.15) is 5.10 Å². The lowest BCUT2D eigenvalue weighted by atomic mass is 10.1. The zero-order chi connectivity index (χ0) is 23.9. The van der Waals surface area contributed by atoms with Crippen molar-refractivity contribution in [3.63, 3.8) is 0 Å². The molecule has 3 aromatic rings. The first kappa shape index (κ1) is 23.6. The number of amides is 1. The third-order valence-electron chi connectivity index (χ3n) is 5.30. The van der Waals surface area contributed by atoms with Crippen LogP contribution in [0, 0.1) is 0 Å². The van der Waals surface area contributed by atoms with Crippen molar-refractivity contribution in [3.05, 3.63) is 42.1 Å². The van der Waals surface area contributed by atoms with Crippen LogP contribution >= 0.6 is 11.3 Å². The van der Waals surface area contributed by atoms with Gasteiger partial charge in [0.05, 0.1) is 14.2 Å². The summed E-state index contributed by atoms with van der Waals surface area (Å²) in [6.45, 7) is 3.84. The number of carbonyl (C=O) groups is 1. The molecule has 0 radical (unpaired) electrons. The van der Waals surface area contributed by atoms with E-state index < -0.39 is 6.10 Å². The van der Waals surface area contributed by atoms with Crippen molar-refractivity contribution in [1.82, 2.24) is 20.4 Å². The summed E-state index contributed by atoms with van der Waals surface area (Å²) in [4.78, 5) is 15.2. The lowest BCUT2D eigenvalue weighted by molar-refractivity contribution is -0.127. The summed E-state index contributed by atoms with van der Waals surface area (Å²) in [5.41, 5.74) is 0.619. The summed E-state index contributed by atoms with van der Waals surface area (Å²) in [6.07, 6.45) is 1.74. The molecular formula is C22H27N7O4S. The first-order valence-electron chi connectivity index (χ1n) is 10.9. The highest BCUT2D eigenvalue weighted by Gasteiger charge is 2.26. The van der Waals surface area contributed by atoms with Gasteiger partial charge in [-0.15, -0.1) is 15.3 Å². The molecule has 11 nitrogen and oxygen atoms in total. The first-order chi connectivity index (χ1) is 16.6. The van der Waals surface area contributed by atoms with Crippen molar-refractivity contribution < 1.29 is 19.0 Å². The molecule has 2 atom stereocenters. The van der Waals surface area contributed by atoms with E-state index >= 15 is 0 Å². The Hall–Kier alpha value is -3.51. The van der Waals surface area contributed by atoms with Gasteiger partial charge in [0.15, 0.2) is 11.9 Å². The lowest BCUT2D eigenvalue weighted by Crippen LogP contribution is -2.26. The van der Waals surface area contributed by atoms with Crippen LogP contribution in [-0.2, 0) is 9.53 Å². The number of hydrogen-bond acceptors (Lipinski definition) is 11. The number of hydrogen-bond donors (Lipinski definition) is 2. The maximum Gasteiger partial charge on any atom is 0.259 e. The van der Waals surface area contributed by atoms with Crippen LogP contribution < -0.4 is 25.0 Å². The van der Waals surface area contributed by atoms with Crippen LogP contribution in [0.5, 0.6) is 11.5 Å². The van der Waals surface area contributed by atoms with Gasteiger partial charge in [-0.1, -0.05) is 11.3 Å². The fraction of sp³-hybridized carbons (Fsp3) is 0.409. The van der Waals surface area contributed by atoms with Gasteiger partial charge in [-0.05, 0) is 43.2 Å². The summed E-state index contributed by atoms with van der Waals surface area (Å²) in [5, 5.41) is 23.6. The standard InChI is InChI=1S/C22H27N7O4S/c1-4-33-19(14-10-16(31-2)12-17(11-14)32-3)20(30)25-22-28-27-21(34-22)24-15-7-9-29(13-15)18-6-5-8-23-26-18/h5-6,8,10-12,15,19H,4,7,9,13H2,1-3H3,(H,24,27)(H,25,28,30)/t15-,19?/m1/s1. The number of anilines is 3. The molecule has 3 heterocycles. The highest BCUT2D eigenvalue weighted by molar-refractivity contribution is 7.19.